The zero-order valence-electron chi connectivity index (χ0n) is 14.7. The van der Waals surface area contributed by atoms with Gasteiger partial charge in [0.05, 0.1) is 5.41 Å². The molecule has 2 fully saturated rings. The maximum atomic E-state index is 12.3. The van der Waals surface area contributed by atoms with Gasteiger partial charge < -0.3 is 10.0 Å². The van der Waals surface area contributed by atoms with Gasteiger partial charge in [-0.3, -0.25) is 14.7 Å². The van der Waals surface area contributed by atoms with Gasteiger partial charge >= 0.3 is 5.97 Å². The molecule has 2 aliphatic rings. The van der Waals surface area contributed by atoms with Crippen LogP contribution in [0.4, 0.5) is 5.95 Å². The highest BCUT2D eigenvalue weighted by atomic mass is 16.4. The van der Waals surface area contributed by atoms with Crippen molar-refractivity contribution in [3.8, 4) is 0 Å². The Morgan fingerprint density at radius 1 is 1.23 bits per heavy atom. The summed E-state index contributed by atoms with van der Waals surface area (Å²) in [6.07, 6.45) is 8.65. The van der Waals surface area contributed by atoms with E-state index >= 15 is 0 Å². The van der Waals surface area contributed by atoms with Gasteiger partial charge in [0.2, 0.25) is 5.95 Å². The van der Waals surface area contributed by atoms with Crippen LogP contribution in [0.5, 0.6) is 0 Å². The summed E-state index contributed by atoms with van der Waals surface area (Å²) in [5, 5.41) is 10.1. The van der Waals surface area contributed by atoms with E-state index in [4.69, 9.17) is 0 Å². The largest absolute Gasteiger partial charge is 0.481 e. The first-order chi connectivity index (χ1) is 12.7. The number of carboxylic acid groups (broad SMARTS) is 1. The lowest BCUT2D eigenvalue weighted by Crippen LogP contribution is -2.41. The average Bonchev–Trinajstić information content (AvgIpc) is 2.94. The molecule has 0 radical (unpaired) electrons. The number of likely N-dealkylation sites (tertiary alicyclic amines) is 1. The van der Waals surface area contributed by atoms with Crippen LogP contribution in [0.15, 0.2) is 43.0 Å². The summed E-state index contributed by atoms with van der Waals surface area (Å²) < 4.78 is 0. The van der Waals surface area contributed by atoms with E-state index in [2.05, 4.69) is 25.9 Å². The van der Waals surface area contributed by atoms with Crippen molar-refractivity contribution in [3.63, 3.8) is 0 Å². The van der Waals surface area contributed by atoms with Crippen molar-refractivity contribution in [1.29, 1.82) is 0 Å². The molecule has 2 saturated heterocycles. The Balaban J connectivity index is 1.56. The molecule has 0 amide bonds. The highest BCUT2D eigenvalue weighted by Crippen LogP contribution is 2.43. The van der Waals surface area contributed by atoms with Crippen LogP contribution in [0, 0.1) is 11.3 Å². The Bertz CT molecular complexity index is 757. The number of nitrogens with zero attached hydrogens (tertiary/aromatic N) is 5. The molecule has 2 aliphatic heterocycles. The van der Waals surface area contributed by atoms with Crippen molar-refractivity contribution < 1.29 is 9.90 Å². The maximum absolute atomic E-state index is 12.3. The van der Waals surface area contributed by atoms with E-state index in [1.165, 1.54) is 0 Å². The number of carboxylic acids is 1. The van der Waals surface area contributed by atoms with E-state index in [0.717, 1.165) is 31.6 Å². The van der Waals surface area contributed by atoms with E-state index < -0.39 is 11.4 Å². The molecule has 136 valence electrons. The first kappa shape index (κ1) is 16.9. The lowest BCUT2D eigenvalue weighted by Gasteiger charge is -2.29. The molecule has 0 aromatic carbocycles. The van der Waals surface area contributed by atoms with Crippen LogP contribution in [-0.2, 0) is 11.3 Å². The number of anilines is 1. The SMILES string of the molecule is O=C(O)[C@]12CCCN(Cc3cccnc3)C[C@H]1CN(c1ncccn1)C2. The summed E-state index contributed by atoms with van der Waals surface area (Å²) in [6.45, 7) is 3.66. The first-order valence-electron chi connectivity index (χ1n) is 9.04. The molecule has 2 aromatic heterocycles. The molecular formula is C19H23N5O2. The van der Waals surface area contributed by atoms with Crippen molar-refractivity contribution >= 4 is 11.9 Å². The molecule has 7 nitrogen and oxygen atoms in total. The predicted molar refractivity (Wildman–Crippen MR) is 96.6 cm³/mol. The second-order valence-electron chi connectivity index (χ2n) is 7.29. The van der Waals surface area contributed by atoms with Gasteiger partial charge in [-0.2, -0.15) is 0 Å². The predicted octanol–water partition coefficient (Wildman–Crippen LogP) is 1.67. The fourth-order valence-corrected chi connectivity index (χ4v) is 4.36. The van der Waals surface area contributed by atoms with Gasteiger partial charge in [-0.05, 0) is 37.1 Å². The van der Waals surface area contributed by atoms with Crippen molar-refractivity contribution in [3.05, 3.63) is 48.5 Å². The number of pyridine rings is 1. The monoisotopic (exact) mass is 353 g/mol. The van der Waals surface area contributed by atoms with Gasteiger partial charge in [0.15, 0.2) is 0 Å². The highest BCUT2D eigenvalue weighted by molar-refractivity contribution is 5.77. The second kappa shape index (κ2) is 6.99. The number of hydrogen-bond donors (Lipinski definition) is 1. The van der Waals surface area contributed by atoms with Gasteiger partial charge in [0.1, 0.15) is 0 Å². The zero-order chi connectivity index (χ0) is 18.0. The van der Waals surface area contributed by atoms with Crippen molar-refractivity contribution in [1.82, 2.24) is 19.9 Å². The summed E-state index contributed by atoms with van der Waals surface area (Å²) in [5.41, 5.74) is 0.444. The maximum Gasteiger partial charge on any atom is 0.311 e. The molecule has 0 bridgehead atoms. The summed E-state index contributed by atoms with van der Waals surface area (Å²) >= 11 is 0. The number of fused-ring (bicyclic) bond motifs is 1. The van der Waals surface area contributed by atoms with E-state index in [1.807, 2.05) is 17.2 Å². The molecule has 2 atom stereocenters. The normalized spacial score (nSPS) is 26.3. The van der Waals surface area contributed by atoms with Crippen molar-refractivity contribution in [2.45, 2.75) is 19.4 Å². The van der Waals surface area contributed by atoms with E-state index in [0.29, 0.717) is 25.5 Å². The Hall–Kier alpha value is -2.54. The molecule has 4 rings (SSSR count). The Kier molecular flexibility index (Phi) is 4.55. The van der Waals surface area contributed by atoms with Gasteiger partial charge in [0.25, 0.3) is 0 Å². The lowest BCUT2D eigenvalue weighted by atomic mass is 9.75. The van der Waals surface area contributed by atoms with Crippen molar-refractivity contribution in [2.75, 3.05) is 31.1 Å². The number of rotatable bonds is 4. The second-order valence-corrected chi connectivity index (χ2v) is 7.29. The Morgan fingerprint density at radius 2 is 2.08 bits per heavy atom. The molecular weight excluding hydrogens is 330 g/mol. The summed E-state index contributed by atoms with van der Waals surface area (Å²) in [7, 11) is 0. The summed E-state index contributed by atoms with van der Waals surface area (Å²) in [6, 6.07) is 5.79. The Labute approximate surface area is 152 Å². The molecule has 1 N–H and O–H groups in total. The molecule has 4 heterocycles. The fraction of sp³-hybridized carbons (Fsp3) is 0.474. The van der Waals surface area contributed by atoms with Crippen LogP contribution in [0.2, 0.25) is 0 Å². The topological polar surface area (TPSA) is 82.5 Å². The minimum Gasteiger partial charge on any atom is -0.481 e. The van der Waals surface area contributed by atoms with Gasteiger partial charge in [-0.25, -0.2) is 9.97 Å². The number of hydrogen-bond acceptors (Lipinski definition) is 6. The number of aromatic nitrogens is 3. The Morgan fingerprint density at radius 3 is 2.81 bits per heavy atom. The molecule has 0 spiro atoms. The minimum absolute atomic E-state index is 0.0583. The van der Waals surface area contributed by atoms with Gasteiger partial charge in [0, 0.05) is 56.9 Å². The third-order valence-corrected chi connectivity index (χ3v) is 5.66. The van der Waals surface area contributed by atoms with Crippen LogP contribution in [0.1, 0.15) is 18.4 Å². The summed E-state index contributed by atoms with van der Waals surface area (Å²) in [5.74, 6) is -0.00727. The molecule has 2 aromatic rings. The number of aliphatic carboxylic acids is 1. The third-order valence-electron chi connectivity index (χ3n) is 5.66. The highest BCUT2D eigenvalue weighted by Gasteiger charge is 2.53. The zero-order valence-corrected chi connectivity index (χ0v) is 14.7. The minimum atomic E-state index is -0.719. The van der Waals surface area contributed by atoms with Crippen LogP contribution >= 0.6 is 0 Å². The molecule has 7 heteroatoms. The lowest BCUT2D eigenvalue weighted by molar-refractivity contribution is -0.150. The molecule has 0 saturated carbocycles. The van der Waals surface area contributed by atoms with Crippen LogP contribution in [0.3, 0.4) is 0 Å². The number of carbonyl (C=O) groups is 1. The first-order valence-corrected chi connectivity index (χ1v) is 9.04. The van der Waals surface area contributed by atoms with Gasteiger partial charge in [-0.15, -0.1) is 0 Å². The van der Waals surface area contributed by atoms with Crippen LogP contribution in [0.25, 0.3) is 0 Å². The van der Waals surface area contributed by atoms with Crippen LogP contribution < -0.4 is 4.90 Å². The third kappa shape index (κ3) is 3.14. The average molecular weight is 353 g/mol. The smallest absolute Gasteiger partial charge is 0.311 e. The quantitative estimate of drug-likeness (QED) is 0.895. The summed E-state index contributed by atoms with van der Waals surface area (Å²) in [4.78, 5) is 29.5. The van der Waals surface area contributed by atoms with E-state index in [-0.39, 0.29) is 5.92 Å². The van der Waals surface area contributed by atoms with E-state index in [1.54, 1.807) is 24.7 Å². The van der Waals surface area contributed by atoms with Crippen molar-refractivity contribution in [2.24, 2.45) is 11.3 Å². The molecule has 0 aliphatic carbocycles. The van der Waals surface area contributed by atoms with E-state index in [9.17, 15) is 9.90 Å². The fourth-order valence-electron chi connectivity index (χ4n) is 4.36. The van der Waals surface area contributed by atoms with Gasteiger partial charge in [-0.1, -0.05) is 6.07 Å². The van der Waals surface area contributed by atoms with Crippen LogP contribution in [-0.4, -0.2) is 57.1 Å². The molecule has 0 unspecified atom stereocenters. The standard InChI is InChI=1S/C19H23N5O2/c25-17(26)19-5-2-9-23(11-15-4-1-6-20-10-15)12-16(19)13-24(14-19)18-21-7-3-8-22-18/h1,3-4,6-8,10,16H,2,5,9,11-14H2,(H,25,26)/t16-,19-/m0/s1. The molecule has 26 heavy (non-hydrogen) atoms.